The van der Waals surface area contributed by atoms with Crippen molar-refractivity contribution in [1.82, 2.24) is 9.97 Å². The van der Waals surface area contributed by atoms with Crippen molar-refractivity contribution in [2.24, 2.45) is 0 Å². The third-order valence-electron chi connectivity index (χ3n) is 4.49. The lowest BCUT2D eigenvalue weighted by atomic mass is 10.0. The van der Waals surface area contributed by atoms with E-state index in [-0.39, 0.29) is 6.61 Å². The lowest BCUT2D eigenvalue weighted by molar-refractivity contribution is 0.0525. The van der Waals surface area contributed by atoms with Gasteiger partial charge in [0, 0.05) is 5.56 Å². The molecule has 0 aliphatic heterocycles. The van der Waals surface area contributed by atoms with Crippen molar-refractivity contribution in [3.8, 4) is 22.8 Å². The fourth-order valence-corrected chi connectivity index (χ4v) is 2.96. The van der Waals surface area contributed by atoms with Gasteiger partial charge in [0.05, 0.1) is 32.2 Å². The summed E-state index contributed by atoms with van der Waals surface area (Å²) < 4.78 is 15.6. The van der Waals surface area contributed by atoms with Gasteiger partial charge in [0.25, 0.3) is 0 Å². The molecule has 1 aromatic heterocycles. The van der Waals surface area contributed by atoms with Crippen LogP contribution in [-0.4, -0.2) is 36.8 Å². The van der Waals surface area contributed by atoms with E-state index in [1.165, 1.54) is 0 Å². The highest BCUT2D eigenvalue weighted by Gasteiger charge is 2.20. The second-order valence-electron chi connectivity index (χ2n) is 6.45. The van der Waals surface area contributed by atoms with E-state index in [2.05, 4.69) is 9.97 Å². The molecule has 0 saturated carbocycles. The van der Waals surface area contributed by atoms with Gasteiger partial charge in [0.2, 0.25) is 0 Å². The molecule has 30 heavy (non-hydrogen) atoms. The first-order valence-corrected chi connectivity index (χ1v) is 9.58. The van der Waals surface area contributed by atoms with Gasteiger partial charge in [-0.25, -0.2) is 14.8 Å². The molecule has 0 bridgehead atoms. The predicted octanol–water partition coefficient (Wildman–Crippen LogP) is 4.82. The van der Waals surface area contributed by atoms with E-state index >= 15 is 0 Å². The van der Waals surface area contributed by atoms with E-state index in [0.29, 0.717) is 22.8 Å². The summed E-state index contributed by atoms with van der Waals surface area (Å²) in [5.74, 6) is 1.58. The van der Waals surface area contributed by atoms with Crippen LogP contribution in [-0.2, 0) is 4.74 Å². The molecule has 3 aromatic rings. The molecule has 0 atom stereocenters. The molecular weight excluding hydrogens is 380 g/mol. The summed E-state index contributed by atoms with van der Waals surface area (Å²) in [4.78, 5) is 21.7. The Morgan fingerprint density at radius 2 is 1.50 bits per heavy atom. The minimum atomic E-state index is -0.438. The molecule has 0 aliphatic rings. The number of aromatic nitrogens is 2. The van der Waals surface area contributed by atoms with Crippen molar-refractivity contribution in [1.29, 1.82) is 0 Å². The Hall–Kier alpha value is -3.67. The van der Waals surface area contributed by atoms with Crippen molar-refractivity contribution in [3.63, 3.8) is 0 Å². The van der Waals surface area contributed by atoms with Crippen molar-refractivity contribution in [2.45, 2.75) is 13.8 Å². The molecule has 2 aromatic carbocycles. The average Bonchev–Trinajstić information content (AvgIpc) is 2.77. The summed E-state index contributed by atoms with van der Waals surface area (Å²) in [7, 11) is 3.24. The highest BCUT2D eigenvalue weighted by Crippen LogP contribution is 2.27. The fourth-order valence-electron chi connectivity index (χ4n) is 2.96. The Bertz CT molecular complexity index is 1040. The third kappa shape index (κ3) is 4.84. The maximum Gasteiger partial charge on any atom is 0.342 e. The number of aryl methyl sites for hydroxylation is 1. The Balaban J connectivity index is 2.03. The Kier molecular flexibility index (Phi) is 6.80. The van der Waals surface area contributed by atoms with Gasteiger partial charge >= 0.3 is 5.97 Å². The zero-order valence-corrected chi connectivity index (χ0v) is 17.5. The standard InChI is InChI=1S/C24H24N2O4/c1-5-30-24(27)22-16(2)25-21(15-8-17-6-11-19(28-3)12-7-17)26-23(22)18-9-13-20(29-4)14-10-18/h6-15H,5H2,1-4H3/b15-8+. The van der Waals surface area contributed by atoms with Gasteiger partial charge < -0.3 is 14.2 Å². The quantitative estimate of drug-likeness (QED) is 0.526. The minimum absolute atomic E-state index is 0.277. The van der Waals surface area contributed by atoms with Crippen LogP contribution in [0.15, 0.2) is 48.5 Å². The molecule has 0 aliphatic carbocycles. The smallest absolute Gasteiger partial charge is 0.342 e. The Morgan fingerprint density at radius 3 is 2.07 bits per heavy atom. The normalized spacial score (nSPS) is 10.8. The summed E-state index contributed by atoms with van der Waals surface area (Å²) in [6, 6.07) is 15.0. The topological polar surface area (TPSA) is 70.5 Å². The molecule has 0 saturated heterocycles. The monoisotopic (exact) mass is 404 g/mol. The van der Waals surface area contributed by atoms with Gasteiger partial charge in [-0.3, -0.25) is 0 Å². The molecule has 0 radical (unpaired) electrons. The van der Waals surface area contributed by atoms with E-state index in [9.17, 15) is 4.79 Å². The van der Waals surface area contributed by atoms with E-state index in [1.54, 1.807) is 28.1 Å². The predicted molar refractivity (Wildman–Crippen MR) is 117 cm³/mol. The SMILES string of the molecule is CCOC(=O)c1c(C)nc(/C=C/c2ccc(OC)cc2)nc1-c1ccc(OC)cc1. The first-order chi connectivity index (χ1) is 14.5. The maximum atomic E-state index is 12.6. The molecule has 6 nitrogen and oxygen atoms in total. The van der Waals surface area contributed by atoms with Crippen LogP contribution in [0.1, 0.15) is 34.4 Å². The second kappa shape index (κ2) is 9.69. The van der Waals surface area contributed by atoms with Crippen molar-refractivity contribution in [2.75, 3.05) is 20.8 Å². The summed E-state index contributed by atoms with van der Waals surface area (Å²) in [6.45, 7) is 3.83. The molecule has 154 valence electrons. The molecule has 0 amide bonds. The lowest BCUT2D eigenvalue weighted by Crippen LogP contribution is -2.12. The number of carbonyl (C=O) groups is 1. The van der Waals surface area contributed by atoms with Gasteiger partial charge in [-0.15, -0.1) is 0 Å². The highest BCUT2D eigenvalue weighted by molar-refractivity contribution is 5.97. The largest absolute Gasteiger partial charge is 0.497 e. The number of esters is 1. The summed E-state index contributed by atoms with van der Waals surface area (Å²) in [6.07, 6.45) is 3.73. The zero-order valence-electron chi connectivity index (χ0n) is 17.5. The van der Waals surface area contributed by atoms with Crippen LogP contribution in [0, 0.1) is 6.92 Å². The Morgan fingerprint density at radius 1 is 0.900 bits per heavy atom. The van der Waals surface area contributed by atoms with E-state index in [4.69, 9.17) is 14.2 Å². The lowest BCUT2D eigenvalue weighted by Gasteiger charge is -2.12. The number of benzene rings is 2. The van der Waals surface area contributed by atoms with E-state index in [0.717, 1.165) is 22.6 Å². The highest BCUT2D eigenvalue weighted by atomic mass is 16.5. The number of hydrogen-bond donors (Lipinski definition) is 0. The van der Waals surface area contributed by atoms with Crippen LogP contribution < -0.4 is 9.47 Å². The number of carbonyl (C=O) groups excluding carboxylic acids is 1. The number of hydrogen-bond acceptors (Lipinski definition) is 6. The van der Waals surface area contributed by atoms with Crippen LogP contribution in [0.2, 0.25) is 0 Å². The van der Waals surface area contributed by atoms with Crippen molar-refractivity contribution in [3.05, 3.63) is 71.2 Å². The number of ether oxygens (including phenoxy) is 3. The molecule has 3 rings (SSSR count). The van der Waals surface area contributed by atoms with Crippen LogP contribution in [0.25, 0.3) is 23.4 Å². The van der Waals surface area contributed by atoms with Gasteiger partial charge in [-0.05, 0) is 61.9 Å². The second-order valence-corrected chi connectivity index (χ2v) is 6.45. The molecule has 0 unspecified atom stereocenters. The van der Waals surface area contributed by atoms with Gasteiger partial charge in [0.15, 0.2) is 5.82 Å². The molecule has 0 N–H and O–H groups in total. The third-order valence-corrected chi connectivity index (χ3v) is 4.49. The average molecular weight is 404 g/mol. The van der Waals surface area contributed by atoms with Gasteiger partial charge in [-0.2, -0.15) is 0 Å². The first-order valence-electron chi connectivity index (χ1n) is 9.58. The van der Waals surface area contributed by atoms with E-state index in [1.807, 2.05) is 60.7 Å². The molecule has 0 fully saturated rings. The minimum Gasteiger partial charge on any atom is -0.497 e. The number of methoxy groups -OCH3 is 2. The van der Waals surface area contributed by atoms with Crippen LogP contribution in [0.3, 0.4) is 0 Å². The Labute approximate surface area is 176 Å². The van der Waals surface area contributed by atoms with E-state index < -0.39 is 5.97 Å². The van der Waals surface area contributed by atoms with Gasteiger partial charge in [-0.1, -0.05) is 18.2 Å². The molecular formula is C24H24N2O4. The van der Waals surface area contributed by atoms with Crippen LogP contribution in [0.4, 0.5) is 0 Å². The van der Waals surface area contributed by atoms with Crippen molar-refractivity contribution >= 4 is 18.1 Å². The summed E-state index contributed by atoms with van der Waals surface area (Å²) >= 11 is 0. The fraction of sp³-hybridized carbons (Fsp3) is 0.208. The number of rotatable bonds is 7. The molecule has 6 heteroatoms. The maximum absolute atomic E-state index is 12.6. The van der Waals surface area contributed by atoms with Crippen LogP contribution in [0.5, 0.6) is 11.5 Å². The van der Waals surface area contributed by atoms with Crippen LogP contribution >= 0.6 is 0 Å². The summed E-state index contributed by atoms with van der Waals surface area (Å²) in [5, 5.41) is 0. The zero-order chi connectivity index (χ0) is 21.5. The first kappa shape index (κ1) is 21.0. The number of nitrogens with zero attached hydrogens (tertiary/aromatic N) is 2. The molecule has 1 heterocycles. The van der Waals surface area contributed by atoms with Gasteiger partial charge in [0.1, 0.15) is 17.1 Å². The molecule has 0 spiro atoms. The summed E-state index contributed by atoms with van der Waals surface area (Å²) in [5.41, 5.74) is 3.21. The van der Waals surface area contributed by atoms with Crippen molar-refractivity contribution < 1.29 is 19.0 Å².